The minimum Gasteiger partial charge on any atom is -0.362 e. The summed E-state index contributed by atoms with van der Waals surface area (Å²) in [6, 6.07) is 3.92. The molecule has 1 rings (SSSR count). The molecule has 0 radical (unpaired) electrons. The summed E-state index contributed by atoms with van der Waals surface area (Å²) < 4.78 is 8.19. The number of halogens is 1. The van der Waals surface area contributed by atoms with Crippen molar-refractivity contribution < 1.29 is 4.74 Å². The van der Waals surface area contributed by atoms with E-state index in [1.54, 1.807) is 14.2 Å². The van der Waals surface area contributed by atoms with Gasteiger partial charge >= 0.3 is 0 Å². The number of pyridine rings is 1. The normalized spacial score (nSPS) is 14.6. The lowest BCUT2D eigenvalue weighted by Crippen LogP contribution is -2.24. The molecule has 0 saturated carbocycles. The average Bonchev–Trinajstić information content (AvgIpc) is 2.16. The fourth-order valence-corrected chi connectivity index (χ4v) is 1.40. The van der Waals surface area contributed by atoms with Gasteiger partial charge in [-0.25, -0.2) is 0 Å². The number of ether oxygens (including phenoxy) is 1. The van der Waals surface area contributed by atoms with E-state index in [-0.39, 0.29) is 6.23 Å². The molecule has 0 aromatic carbocycles. The van der Waals surface area contributed by atoms with Gasteiger partial charge < -0.3 is 9.30 Å². The molecule has 1 aromatic heterocycles. The van der Waals surface area contributed by atoms with Crippen LogP contribution in [0, 0.1) is 0 Å². The number of hydrogen-bond donors (Lipinski definition) is 0. The van der Waals surface area contributed by atoms with Gasteiger partial charge in [-0.05, 0) is 19.1 Å². The molecule has 0 saturated heterocycles. The molecule has 3 nitrogen and oxygen atoms in total. The minimum absolute atomic E-state index is 0.00630. The maximum atomic E-state index is 5.21. The number of hydrogen-bond acceptors (Lipinski definition) is 2. The molecular formula is C9H13BrN2O. The maximum Gasteiger partial charge on any atom is 0.132 e. The van der Waals surface area contributed by atoms with Gasteiger partial charge in [-0.15, -0.1) is 0 Å². The van der Waals surface area contributed by atoms with Crippen LogP contribution < -0.4 is 5.49 Å². The van der Waals surface area contributed by atoms with Crippen molar-refractivity contribution in [2.45, 2.75) is 13.2 Å². The predicted molar refractivity (Wildman–Crippen MR) is 55.3 cm³/mol. The van der Waals surface area contributed by atoms with E-state index in [0.717, 1.165) is 9.96 Å². The van der Waals surface area contributed by atoms with Crippen molar-refractivity contribution in [2.75, 3.05) is 14.2 Å². The predicted octanol–water partition coefficient (Wildman–Crippen LogP) is 1.95. The summed E-state index contributed by atoms with van der Waals surface area (Å²) in [6.07, 6.45) is 1.95. The molecule has 0 aliphatic heterocycles. The second-order valence-corrected chi connectivity index (χ2v) is 3.58. The van der Waals surface area contributed by atoms with Crippen LogP contribution in [0.5, 0.6) is 0 Å². The van der Waals surface area contributed by atoms with Gasteiger partial charge in [0, 0.05) is 24.8 Å². The number of rotatable bonds is 2. The molecule has 0 spiro atoms. The molecular weight excluding hydrogens is 232 g/mol. The molecule has 0 N–H and O–H groups in total. The third-order valence-corrected chi connectivity index (χ3v) is 2.38. The van der Waals surface area contributed by atoms with Crippen molar-refractivity contribution in [3.8, 4) is 0 Å². The second-order valence-electron chi connectivity index (χ2n) is 2.67. The maximum absolute atomic E-state index is 5.21. The minimum atomic E-state index is 0.00630. The second kappa shape index (κ2) is 4.58. The van der Waals surface area contributed by atoms with Gasteiger partial charge in [-0.1, -0.05) is 15.9 Å². The Kier molecular flexibility index (Phi) is 3.69. The molecule has 4 heteroatoms. The van der Waals surface area contributed by atoms with Gasteiger partial charge in [0.25, 0.3) is 0 Å². The van der Waals surface area contributed by atoms with Crippen LogP contribution in [-0.2, 0) is 4.74 Å². The van der Waals surface area contributed by atoms with E-state index in [2.05, 4.69) is 20.9 Å². The molecule has 13 heavy (non-hydrogen) atoms. The lowest BCUT2D eigenvalue weighted by Gasteiger charge is -2.14. The van der Waals surface area contributed by atoms with Crippen LogP contribution >= 0.6 is 15.9 Å². The summed E-state index contributed by atoms with van der Waals surface area (Å²) in [7, 11) is 3.44. The molecule has 0 bridgehead atoms. The lowest BCUT2D eigenvalue weighted by atomic mass is 10.4. The summed E-state index contributed by atoms with van der Waals surface area (Å²) in [4.78, 5) is 4.15. The zero-order chi connectivity index (χ0) is 9.84. The Bertz CT molecular complexity index is 346. The van der Waals surface area contributed by atoms with Crippen LogP contribution in [0.3, 0.4) is 0 Å². The summed E-state index contributed by atoms with van der Waals surface area (Å²) in [5, 5.41) is 0. The fourth-order valence-electron chi connectivity index (χ4n) is 1.07. The Balaban J connectivity index is 3.22. The van der Waals surface area contributed by atoms with E-state index in [4.69, 9.17) is 4.74 Å². The Morgan fingerprint density at radius 3 is 2.85 bits per heavy atom. The highest BCUT2D eigenvalue weighted by molar-refractivity contribution is 9.10. The first-order chi connectivity index (χ1) is 6.19. The molecule has 0 aliphatic carbocycles. The summed E-state index contributed by atoms with van der Waals surface area (Å²) in [6.45, 7) is 1.97. The van der Waals surface area contributed by atoms with E-state index in [1.165, 1.54) is 0 Å². The van der Waals surface area contributed by atoms with Crippen molar-refractivity contribution >= 4 is 15.9 Å². The van der Waals surface area contributed by atoms with Crippen LogP contribution in [0.2, 0.25) is 0 Å². The highest BCUT2D eigenvalue weighted by Gasteiger charge is 2.01. The zero-order valence-electron chi connectivity index (χ0n) is 7.99. The molecule has 72 valence electrons. The van der Waals surface area contributed by atoms with E-state index >= 15 is 0 Å². The number of methoxy groups -OCH3 is 1. The quantitative estimate of drug-likeness (QED) is 0.782. The first kappa shape index (κ1) is 10.5. The molecule has 1 aromatic rings. The SMILES string of the molecule is C/N=c1/cc(Br)ccn1C(C)OC. The highest BCUT2D eigenvalue weighted by atomic mass is 79.9. The Morgan fingerprint density at radius 2 is 2.31 bits per heavy atom. The van der Waals surface area contributed by atoms with Crippen LogP contribution in [0.1, 0.15) is 13.2 Å². The number of nitrogens with zero attached hydrogens (tertiary/aromatic N) is 2. The summed E-state index contributed by atoms with van der Waals surface area (Å²) in [5.41, 5.74) is 0.892. The lowest BCUT2D eigenvalue weighted by molar-refractivity contribution is 0.0568. The van der Waals surface area contributed by atoms with Crippen molar-refractivity contribution in [3.05, 3.63) is 28.3 Å². The van der Waals surface area contributed by atoms with Crippen LogP contribution in [-0.4, -0.2) is 18.7 Å². The van der Waals surface area contributed by atoms with Gasteiger partial charge in [0.05, 0.1) is 0 Å². The molecule has 1 unspecified atom stereocenters. The summed E-state index contributed by atoms with van der Waals surface area (Å²) >= 11 is 3.39. The van der Waals surface area contributed by atoms with E-state index in [9.17, 15) is 0 Å². The first-order valence-electron chi connectivity index (χ1n) is 4.02. The van der Waals surface area contributed by atoms with Gasteiger partial charge in [-0.3, -0.25) is 4.99 Å². The average molecular weight is 245 g/mol. The third kappa shape index (κ3) is 2.42. The fraction of sp³-hybridized carbons (Fsp3) is 0.444. The smallest absolute Gasteiger partial charge is 0.132 e. The molecule has 0 aliphatic rings. The standard InChI is InChI=1S/C9H13BrN2O/c1-7(13-3)12-5-4-8(10)6-9(12)11-2/h4-7H,1-3H3/b11-9-. The van der Waals surface area contributed by atoms with E-state index < -0.39 is 0 Å². The van der Waals surface area contributed by atoms with Gasteiger partial charge in [0.2, 0.25) is 0 Å². The third-order valence-electron chi connectivity index (χ3n) is 1.89. The summed E-state index contributed by atoms with van der Waals surface area (Å²) in [5.74, 6) is 0. The van der Waals surface area contributed by atoms with Crippen molar-refractivity contribution in [1.29, 1.82) is 0 Å². The topological polar surface area (TPSA) is 26.5 Å². The highest BCUT2D eigenvalue weighted by Crippen LogP contribution is 2.07. The first-order valence-corrected chi connectivity index (χ1v) is 4.81. The Morgan fingerprint density at radius 1 is 1.62 bits per heavy atom. The molecule has 1 heterocycles. The van der Waals surface area contributed by atoms with Crippen LogP contribution in [0.25, 0.3) is 0 Å². The van der Waals surface area contributed by atoms with Crippen molar-refractivity contribution in [2.24, 2.45) is 4.99 Å². The van der Waals surface area contributed by atoms with Gasteiger partial charge in [0.15, 0.2) is 0 Å². The van der Waals surface area contributed by atoms with Crippen LogP contribution in [0.15, 0.2) is 27.8 Å². The largest absolute Gasteiger partial charge is 0.362 e. The monoisotopic (exact) mass is 244 g/mol. The zero-order valence-corrected chi connectivity index (χ0v) is 9.58. The number of aromatic nitrogens is 1. The molecule has 1 atom stereocenters. The molecule has 0 fully saturated rings. The van der Waals surface area contributed by atoms with E-state index in [0.29, 0.717) is 0 Å². The van der Waals surface area contributed by atoms with Crippen molar-refractivity contribution in [1.82, 2.24) is 4.57 Å². The van der Waals surface area contributed by atoms with Gasteiger partial charge in [-0.2, -0.15) is 0 Å². The van der Waals surface area contributed by atoms with Gasteiger partial charge in [0.1, 0.15) is 11.7 Å². The Hall–Kier alpha value is -0.610. The van der Waals surface area contributed by atoms with Crippen molar-refractivity contribution in [3.63, 3.8) is 0 Å². The van der Waals surface area contributed by atoms with E-state index in [1.807, 2.05) is 29.8 Å². The Labute approximate surface area is 86.2 Å². The molecule has 0 amide bonds. The van der Waals surface area contributed by atoms with Crippen LogP contribution in [0.4, 0.5) is 0 Å².